The maximum Gasteiger partial charge on any atom is 0.225 e. The minimum Gasteiger partial charge on any atom is -0.352 e. The SMILES string of the molecule is CC(C)C(=O)N1CCN(c2nc(C3CC3)nc3sc4c(c23)CCCCC4)CC1. The monoisotopic (exact) mass is 398 g/mol. The van der Waals surface area contributed by atoms with Crippen LogP contribution in [0, 0.1) is 5.92 Å². The quantitative estimate of drug-likeness (QED) is 0.729. The Balaban J connectivity index is 1.51. The van der Waals surface area contributed by atoms with Crippen LogP contribution in [0.5, 0.6) is 0 Å². The van der Waals surface area contributed by atoms with Gasteiger partial charge in [0.15, 0.2) is 0 Å². The first-order valence-electron chi connectivity index (χ1n) is 11.0. The highest BCUT2D eigenvalue weighted by atomic mass is 32.1. The molecule has 3 aliphatic rings. The van der Waals surface area contributed by atoms with Crippen LogP contribution in [0.4, 0.5) is 5.82 Å². The van der Waals surface area contributed by atoms with Gasteiger partial charge < -0.3 is 9.80 Å². The Labute approximate surface area is 171 Å². The number of amides is 1. The molecule has 0 spiro atoms. The average molecular weight is 399 g/mol. The molecule has 0 atom stereocenters. The zero-order valence-corrected chi connectivity index (χ0v) is 17.9. The van der Waals surface area contributed by atoms with Gasteiger partial charge in [0.2, 0.25) is 5.91 Å². The summed E-state index contributed by atoms with van der Waals surface area (Å²) in [7, 11) is 0. The molecule has 28 heavy (non-hydrogen) atoms. The first-order valence-corrected chi connectivity index (χ1v) is 11.8. The van der Waals surface area contributed by atoms with Gasteiger partial charge in [-0.05, 0) is 44.1 Å². The number of piperazine rings is 1. The Kier molecular flexibility index (Phi) is 4.77. The molecule has 5 rings (SSSR count). The van der Waals surface area contributed by atoms with Crippen LogP contribution in [0.3, 0.4) is 0 Å². The van der Waals surface area contributed by atoms with Crippen molar-refractivity contribution in [2.45, 2.75) is 64.7 Å². The summed E-state index contributed by atoms with van der Waals surface area (Å²) in [4.78, 5) is 29.7. The molecule has 2 aromatic rings. The fourth-order valence-corrected chi connectivity index (χ4v) is 5.85. The van der Waals surface area contributed by atoms with Gasteiger partial charge in [0.25, 0.3) is 0 Å². The van der Waals surface area contributed by atoms with Crippen LogP contribution < -0.4 is 4.90 Å². The number of hydrogen-bond donors (Lipinski definition) is 0. The maximum absolute atomic E-state index is 12.4. The lowest BCUT2D eigenvalue weighted by Gasteiger charge is -2.36. The van der Waals surface area contributed by atoms with Gasteiger partial charge in [-0.2, -0.15) is 0 Å². The second kappa shape index (κ2) is 7.29. The molecule has 2 aromatic heterocycles. The molecule has 150 valence electrons. The minimum absolute atomic E-state index is 0.0754. The number of carbonyl (C=O) groups excluding carboxylic acids is 1. The highest BCUT2D eigenvalue weighted by Gasteiger charge is 2.32. The average Bonchev–Trinajstić information content (AvgIpc) is 3.52. The lowest BCUT2D eigenvalue weighted by molar-refractivity contribution is -0.134. The van der Waals surface area contributed by atoms with Crippen molar-refractivity contribution < 1.29 is 4.79 Å². The van der Waals surface area contributed by atoms with E-state index in [1.807, 2.05) is 30.1 Å². The van der Waals surface area contributed by atoms with E-state index in [2.05, 4.69) is 4.90 Å². The van der Waals surface area contributed by atoms with E-state index in [9.17, 15) is 4.79 Å². The van der Waals surface area contributed by atoms with Gasteiger partial charge in [-0.15, -0.1) is 11.3 Å². The Bertz CT molecular complexity index is 894. The topological polar surface area (TPSA) is 49.3 Å². The van der Waals surface area contributed by atoms with E-state index < -0.39 is 0 Å². The summed E-state index contributed by atoms with van der Waals surface area (Å²) in [6, 6.07) is 0. The van der Waals surface area contributed by atoms with Crippen LogP contribution in [0.2, 0.25) is 0 Å². The van der Waals surface area contributed by atoms with E-state index in [-0.39, 0.29) is 11.8 Å². The molecule has 0 radical (unpaired) electrons. The molecular weight excluding hydrogens is 368 g/mol. The fourth-order valence-electron chi connectivity index (χ4n) is 4.59. The first-order chi connectivity index (χ1) is 13.6. The number of rotatable bonds is 3. The van der Waals surface area contributed by atoms with Crippen LogP contribution in [-0.4, -0.2) is 47.0 Å². The highest BCUT2D eigenvalue weighted by molar-refractivity contribution is 7.19. The molecule has 1 saturated carbocycles. The van der Waals surface area contributed by atoms with E-state index in [0.29, 0.717) is 5.92 Å². The van der Waals surface area contributed by atoms with Crippen molar-refractivity contribution in [1.82, 2.24) is 14.9 Å². The van der Waals surface area contributed by atoms with Gasteiger partial charge in [0.05, 0.1) is 5.39 Å². The maximum atomic E-state index is 12.4. The number of aryl methyl sites for hydroxylation is 2. The van der Waals surface area contributed by atoms with Gasteiger partial charge in [-0.25, -0.2) is 9.97 Å². The van der Waals surface area contributed by atoms with Crippen LogP contribution in [-0.2, 0) is 17.6 Å². The van der Waals surface area contributed by atoms with Gasteiger partial charge in [0, 0.05) is 42.9 Å². The third-order valence-electron chi connectivity index (χ3n) is 6.39. The Morgan fingerprint density at radius 2 is 1.79 bits per heavy atom. The predicted octanol–water partition coefficient (Wildman–Crippen LogP) is 4.14. The van der Waals surface area contributed by atoms with Crippen molar-refractivity contribution in [3.8, 4) is 0 Å². The van der Waals surface area contributed by atoms with Crippen molar-refractivity contribution in [1.29, 1.82) is 0 Å². The van der Waals surface area contributed by atoms with Crippen molar-refractivity contribution in [2.75, 3.05) is 31.1 Å². The second-order valence-corrected chi connectivity index (χ2v) is 9.97. The molecule has 1 aliphatic heterocycles. The smallest absolute Gasteiger partial charge is 0.225 e. The molecule has 5 nitrogen and oxygen atoms in total. The van der Waals surface area contributed by atoms with Crippen LogP contribution in [0.25, 0.3) is 10.2 Å². The summed E-state index contributed by atoms with van der Waals surface area (Å²) in [6.45, 7) is 7.33. The summed E-state index contributed by atoms with van der Waals surface area (Å²) in [5, 5.41) is 1.33. The molecule has 3 heterocycles. The van der Waals surface area contributed by atoms with Crippen LogP contribution >= 0.6 is 11.3 Å². The standard InChI is InChI=1S/C22H30N4OS/c1-14(2)22(27)26-12-10-25(11-13-26)20-18-16-6-4-3-5-7-17(16)28-21(18)24-19(23-20)15-8-9-15/h14-15H,3-13H2,1-2H3. The molecule has 0 bridgehead atoms. The largest absolute Gasteiger partial charge is 0.352 e. The third kappa shape index (κ3) is 3.30. The summed E-state index contributed by atoms with van der Waals surface area (Å²) in [5.74, 6) is 3.12. The van der Waals surface area contributed by atoms with E-state index in [1.54, 1.807) is 4.88 Å². The predicted molar refractivity (Wildman–Crippen MR) is 114 cm³/mol. The molecule has 1 amide bonds. The summed E-state index contributed by atoms with van der Waals surface area (Å²) < 4.78 is 0. The molecular formula is C22H30N4OS. The molecule has 2 fully saturated rings. The molecule has 2 aliphatic carbocycles. The minimum atomic E-state index is 0.0754. The van der Waals surface area contributed by atoms with Crippen molar-refractivity contribution >= 4 is 33.3 Å². The van der Waals surface area contributed by atoms with E-state index in [4.69, 9.17) is 9.97 Å². The van der Waals surface area contributed by atoms with Gasteiger partial charge in [-0.1, -0.05) is 20.3 Å². The zero-order chi connectivity index (χ0) is 19.3. The Morgan fingerprint density at radius 1 is 1.04 bits per heavy atom. The summed E-state index contributed by atoms with van der Waals surface area (Å²) >= 11 is 1.92. The lowest BCUT2D eigenvalue weighted by atomic mass is 10.1. The summed E-state index contributed by atoms with van der Waals surface area (Å²) in [6.07, 6.45) is 8.73. The lowest BCUT2D eigenvalue weighted by Crippen LogP contribution is -2.50. The normalized spacial score (nSPS) is 20.5. The van der Waals surface area contributed by atoms with E-state index in [0.717, 1.165) is 37.8 Å². The number of hydrogen-bond acceptors (Lipinski definition) is 5. The zero-order valence-electron chi connectivity index (χ0n) is 17.0. The van der Waals surface area contributed by atoms with Crippen molar-refractivity contribution in [2.24, 2.45) is 5.92 Å². The van der Waals surface area contributed by atoms with Crippen molar-refractivity contribution in [3.63, 3.8) is 0 Å². The van der Waals surface area contributed by atoms with E-state index >= 15 is 0 Å². The highest BCUT2D eigenvalue weighted by Crippen LogP contribution is 2.44. The molecule has 0 unspecified atom stereocenters. The van der Waals surface area contributed by atoms with Crippen LogP contribution in [0.1, 0.15) is 68.1 Å². The third-order valence-corrected chi connectivity index (χ3v) is 7.58. The number of fused-ring (bicyclic) bond motifs is 3. The summed E-state index contributed by atoms with van der Waals surface area (Å²) in [5.41, 5.74) is 1.52. The second-order valence-electron chi connectivity index (χ2n) is 8.89. The Morgan fingerprint density at radius 3 is 2.50 bits per heavy atom. The number of carbonyl (C=O) groups is 1. The number of thiophene rings is 1. The van der Waals surface area contributed by atoms with Gasteiger partial charge >= 0.3 is 0 Å². The first kappa shape index (κ1) is 18.3. The van der Waals surface area contributed by atoms with Gasteiger partial charge in [0.1, 0.15) is 16.5 Å². The Hall–Kier alpha value is -1.69. The fraction of sp³-hybridized carbons (Fsp3) is 0.682. The van der Waals surface area contributed by atoms with Crippen LogP contribution in [0.15, 0.2) is 0 Å². The molecule has 0 N–H and O–H groups in total. The number of aromatic nitrogens is 2. The number of anilines is 1. The molecule has 0 aromatic carbocycles. The molecule has 1 saturated heterocycles. The molecule has 6 heteroatoms. The number of nitrogens with zero attached hydrogens (tertiary/aromatic N) is 4. The van der Waals surface area contributed by atoms with E-state index in [1.165, 1.54) is 60.7 Å². The van der Waals surface area contributed by atoms with Gasteiger partial charge in [-0.3, -0.25) is 4.79 Å². The van der Waals surface area contributed by atoms with Crippen molar-refractivity contribution in [3.05, 3.63) is 16.3 Å².